The summed E-state index contributed by atoms with van der Waals surface area (Å²) in [6.07, 6.45) is 2.14. The number of anilines is 1. The highest BCUT2D eigenvalue weighted by molar-refractivity contribution is 6.33. The Kier molecular flexibility index (Phi) is 5.61. The van der Waals surface area contributed by atoms with Crippen LogP contribution in [0.1, 0.15) is 17.7 Å². The van der Waals surface area contributed by atoms with E-state index in [1.807, 2.05) is 13.0 Å². The van der Waals surface area contributed by atoms with Gasteiger partial charge in [-0.15, -0.1) is 0 Å². The first-order valence-electron chi connectivity index (χ1n) is 6.78. The van der Waals surface area contributed by atoms with Crippen LogP contribution >= 0.6 is 11.6 Å². The van der Waals surface area contributed by atoms with Gasteiger partial charge in [-0.05, 0) is 36.8 Å². The molecule has 0 saturated carbocycles. The molecule has 0 unspecified atom stereocenters. The zero-order valence-electron chi connectivity index (χ0n) is 12.1. The maximum atomic E-state index is 11.7. The number of benzene rings is 1. The van der Waals surface area contributed by atoms with Crippen LogP contribution in [0.15, 0.2) is 41.0 Å². The zero-order chi connectivity index (χ0) is 15.9. The topological polar surface area (TPSA) is 68.5 Å². The molecule has 1 heterocycles. The number of hydrogen-bond donors (Lipinski definition) is 1. The smallest absolute Gasteiger partial charge is 0.306 e. The molecule has 0 fully saturated rings. The summed E-state index contributed by atoms with van der Waals surface area (Å²) in [7, 11) is 0. The predicted octanol–water partition coefficient (Wildman–Crippen LogP) is 3.36. The molecular formula is C16H16ClNO4. The molecule has 1 amide bonds. The fourth-order valence-corrected chi connectivity index (χ4v) is 2.09. The van der Waals surface area contributed by atoms with Gasteiger partial charge >= 0.3 is 5.97 Å². The molecule has 0 aliphatic rings. The number of ether oxygens (including phenoxy) is 1. The Hall–Kier alpha value is -2.27. The fourth-order valence-electron chi connectivity index (χ4n) is 1.81. The molecule has 0 atom stereocenters. The van der Waals surface area contributed by atoms with Crippen LogP contribution in [0, 0.1) is 6.92 Å². The third-order valence-corrected chi connectivity index (χ3v) is 3.23. The quantitative estimate of drug-likeness (QED) is 0.828. The zero-order valence-corrected chi connectivity index (χ0v) is 12.9. The lowest BCUT2D eigenvalue weighted by Crippen LogP contribution is -2.21. The van der Waals surface area contributed by atoms with E-state index in [9.17, 15) is 9.59 Å². The first-order chi connectivity index (χ1) is 10.5. The first-order valence-corrected chi connectivity index (χ1v) is 7.16. The van der Waals surface area contributed by atoms with Gasteiger partial charge in [0, 0.05) is 6.42 Å². The van der Waals surface area contributed by atoms with Crippen molar-refractivity contribution in [3.63, 3.8) is 0 Å². The van der Waals surface area contributed by atoms with Crippen molar-refractivity contribution in [2.24, 2.45) is 0 Å². The van der Waals surface area contributed by atoms with Crippen LogP contribution in [0.5, 0.6) is 0 Å². The number of rotatable bonds is 6. The molecule has 0 aliphatic heterocycles. The van der Waals surface area contributed by atoms with Crippen molar-refractivity contribution in [1.82, 2.24) is 0 Å². The van der Waals surface area contributed by atoms with Crippen LogP contribution in [-0.4, -0.2) is 18.5 Å². The normalized spacial score (nSPS) is 10.3. The highest BCUT2D eigenvalue weighted by Crippen LogP contribution is 2.22. The average molecular weight is 322 g/mol. The monoisotopic (exact) mass is 321 g/mol. The highest BCUT2D eigenvalue weighted by Gasteiger charge is 2.10. The van der Waals surface area contributed by atoms with Gasteiger partial charge in [-0.2, -0.15) is 0 Å². The number of halogens is 1. The van der Waals surface area contributed by atoms with Gasteiger partial charge in [-0.1, -0.05) is 17.7 Å². The lowest BCUT2D eigenvalue weighted by Gasteiger charge is -2.08. The third kappa shape index (κ3) is 4.93. The summed E-state index contributed by atoms with van der Waals surface area (Å²) in [6.45, 7) is 1.56. The second kappa shape index (κ2) is 7.66. The van der Waals surface area contributed by atoms with Gasteiger partial charge in [0.1, 0.15) is 5.76 Å². The molecule has 1 aromatic heterocycles. The van der Waals surface area contributed by atoms with Gasteiger partial charge in [-0.3, -0.25) is 9.59 Å². The minimum absolute atomic E-state index is 0.159. The standard InChI is InChI=1S/C16H16ClNO4/c1-11-4-6-14(13(17)9-11)18-15(19)10-22-16(20)7-5-12-3-2-8-21-12/h2-4,6,8-9H,5,7,10H2,1H3,(H,18,19). The number of esters is 1. The SMILES string of the molecule is Cc1ccc(NC(=O)COC(=O)CCc2ccco2)c(Cl)c1. The molecule has 0 radical (unpaired) electrons. The van der Waals surface area contributed by atoms with Crippen LogP contribution in [-0.2, 0) is 20.7 Å². The summed E-state index contributed by atoms with van der Waals surface area (Å²) in [4.78, 5) is 23.3. The van der Waals surface area contributed by atoms with Crippen molar-refractivity contribution in [2.75, 3.05) is 11.9 Å². The van der Waals surface area contributed by atoms with Gasteiger partial charge in [-0.25, -0.2) is 0 Å². The van der Waals surface area contributed by atoms with Crippen LogP contribution in [0.4, 0.5) is 5.69 Å². The Labute approximate surface area is 133 Å². The second-order valence-electron chi connectivity index (χ2n) is 4.77. The number of carbonyl (C=O) groups excluding carboxylic acids is 2. The molecule has 5 nitrogen and oxygen atoms in total. The van der Waals surface area contributed by atoms with E-state index in [0.717, 1.165) is 5.56 Å². The van der Waals surface area contributed by atoms with Gasteiger partial charge in [0.15, 0.2) is 6.61 Å². The van der Waals surface area contributed by atoms with Crippen molar-refractivity contribution in [2.45, 2.75) is 19.8 Å². The van der Waals surface area contributed by atoms with E-state index in [-0.39, 0.29) is 13.0 Å². The maximum absolute atomic E-state index is 11.7. The van der Waals surface area contributed by atoms with E-state index >= 15 is 0 Å². The van der Waals surface area contributed by atoms with E-state index in [0.29, 0.717) is 22.9 Å². The van der Waals surface area contributed by atoms with E-state index in [1.54, 1.807) is 30.5 Å². The van der Waals surface area contributed by atoms with Gasteiger partial charge in [0.25, 0.3) is 5.91 Å². The summed E-state index contributed by atoms with van der Waals surface area (Å²) < 4.78 is 10.0. The number of nitrogens with one attached hydrogen (secondary N) is 1. The molecule has 6 heteroatoms. The predicted molar refractivity (Wildman–Crippen MR) is 82.8 cm³/mol. The molecule has 22 heavy (non-hydrogen) atoms. The molecule has 0 bridgehead atoms. The summed E-state index contributed by atoms with van der Waals surface area (Å²) in [5.41, 5.74) is 1.48. The van der Waals surface area contributed by atoms with Crippen molar-refractivity contribution < 1.29 is 18.7 Å². The number of aryl methyl sites for hydroxylation is 2. The average Bonchev–Trinajstić information content (AvgIpc) is 2.99. The van der Waals surface area contributed by atoms with Crippen LogP contribution in [0.3, 0.4) is 0 Å². The summed E-state index contributed by atoms with van der Waals surface area (Å²) >= 11 is 6.01. The molecule has 0 aliphatic carbocycles. The summed E-state index contributed by atoms with van der Waals surface area (Å²) in [5.74, 6) is -0.188. The number of hydrogen-bond acceptors (Lipinski definition) is 4. The Morgan fingerprint density at radius 3 is 2.82 bits per heavy atom. The first kappa shape index (κ1) is 16.1. The second-order valence-corrected chi connectivity index (χ2v) is 5.18. The molecule has 1 aromatic carbocycles. The van der Waals surface area contributed by atoms with E-state index in [1.165, 1.54) is 0 Å². The van der Waals surface area contributed by atoms with Crippen LogP contribution < -0.4 is 5.32 Å². The largest absolute Gasteiger partial charge is 0.469 e. The highest BCUT2D eigenvalue weighted by atomic mass is 35.5. The van der Waals surface area contributed by atoms with Crippen LogP contribution in [0.2, 0.25) is 5.02 Å². The third-order valence-electron chi connectivity index (χ3n) is 2.92. The molecular weight excluding hydrogens is 306 g/mol. The number of amides is 1. The molecule has 116 valence electrons. The van der Waals surface area contributed by atoms with Crippen molar-refractivity contribution in [3.05, 3.63) is 52.9 Å². The molecule has 2 aromatic rings. The molecule has 1 N–H and O–H groups in total. The minimum Gasteiger partial charge on any atom is -0.469 e. The number of furan rings is 1. The van der Waals surface area contributed by atoms with E-state index in [4.69, 9.17) is 20.8 Å². The fraction of sp³-hybridized carbons (Fsp3) is 0.250. The lowest BCUT2D eigenvalue weighted by atomic mass is 10.2. The summed E-state index contributed by atoms with van der Waals surface area (Å²) in [6, 6.07) is 8.80. The Balaban J connectivity index is 1.74. The number of carbonyl (C=O) groups is 2. The minimum atomic E-state index is -0.457. The summed E-state index contributed by atoms with van der Waals surface area (Å²) in [5, 5.41) is 3.04. The van der Waals surface area contributed by atoms with Crippen molar-refractivity contribution in [3.8, 4) is 0 Å². The van der Waals surface area contributed by atoms with Gasteiger partial charge < -0.3 is 14.5 Å². The van der Waals surface area contributed by atoms with E-state index < -0.39 is 11.9 Å². The van der Waals surface area contributed by atoms with Crippen molar-refractivity contribution >= 4 is 29.2 Å². The Morgan fingerprint density at radius 1 is 1.32 bits per heavy atom. The van der Waals surface area contributed by atoms with E-state index in [2.05, 4.69) is 5.32 Å². The Bertz CT molecular complexity index is 652. The Morgan fingerprint density at radius 2 is 2.14 bits per heavy atom. The lowest BCUT2D eigenvalue weighted by molar-refractivity contribution is -0.147. The van der Waals surface area contributed by atoms with Crippen LogP contribution in [0.25, 0.3) is 0 Å². The van der Waals surface area contributed by atoms with Gasteiger partial charge in [0.2, 0.25) is 0 Å². The maximum Gasteiger partial charge on any atom is 0.306 e. The molecule has 0 saturated heterocycles. The van der Waals surface area contributed by atoms with Crippen molar-refractivity contribution in [1.29, 1.82) is 0 Å². The molecule has 2 rings (SSSR count). The molecule has 0 spiro atoms. The van der Waals surface area contributed by atoms with Gasteiger partial charge in [0.05, 0.1) is 23.4 Å².